The first-order chi connectivity index (χ1) is 6.68. The highest BCUT2D eigenvalue weighted by Crippen LogP contribution is 2.40. The average molecular weight is 186 g/mol. The summed E-state index contributed by atoms with van der Waals surface area (Å²) in [6.45, 7) is 8.62. The van der Waals surface area contributed by atoms with Gasteiger partial charge in [-0.1, -0.05) is 44.7 Å². The third-order valence-corrected chi connectivity index (χ3v) is 3.02. The smallest absolute Gasteiger partial charge is 0.0161 e. The Hall–Kier alpha value is -1.04. The van der Waals surface area contributed by atoms with Gasteiger partial charge in [-0.05, 0) is 41.4 Å². The van der Waals surface area contributed by atoms with Gasteiger partial charge in [0, 0.05) is 0 Å². The molecule has 0 radical (unpaired) electrons. The summed E-state index contributed by atoms with van der Waals surface area (Å²) >= 11 is 0. The first-order valence-electron chi connectivity index (χ1n) is 5.47. The van der Waals surface area contributed by atoms with E-state index in [1.807, 2.05) is 0 Å². The van der Waals surface area contributed by atoms with Crippen LogP contribution in [0.4, 0.5) is 0 Å². The minimum absolute atomic E-state index is 0.623. The van der Waals surface area contributed by atoms with Crippen molar-refractivity contribution in [2.45, 2.75) is 32.6 Å². The Morgan fingerprint density at radius 1 is 1.21 bits per heavy atom. The molecule has 0 amide bonds. The number of allylic oxidation sites excluding steroid dienone is 1. The SMILES string of the molecule is C=C(c1ccc(C(C)C)cc1)C1CC1. The molecule has 74 valence electrons. The summed E-state index contributed by atoms with van der Waals surface area (Å²) in [6.07, 6.45) is 2.68. The maximum absolute atomic E-state index is 4.16. The average Bonchev–Trinajstić information content (AvgIpc) is 3.00. The van der Waals surface area contributed by atoms with Crippen molar-refractivity contribution in [2.75, 3.05) is 0 Å². The molecule has 0 heterocycles. The lowest BCUT2D eigenvalue weighted by Gasteiger charge is -2.08. The first kappa shape index (κ1) is 9.51. The Kier molecular flexibility index (Phi) is 2.45. The van der Waals surface area contributed by atoms with Crippen LogP contribution in [0.2, 0.25) is 0 Å². The Bertz CT molecular complexity index is 326. The van der Waals surface area contributed by atoms with Crippen molar-refractivity contribution < 1.29 is 0 Å². The monoisotopic (exact) mass is 186 g/mol. The lowest BCUT2D eigenvalue weighted by Crippen LogP contribution is -1.89. The first-order valence-corrected chi connectivity index (χ1v) is 5.47. The van der Waals surface area contributed by atoms with Crippen molar-refractivity contribution in [3.8, 4) is 0 Å². The topological polar surface area (TPSA) is 0 Å². The number of rotatable bonds is 3. The van der Waals surface area contributed by atoms with Crippen molar-refractivity contribution in [3.05, 3.63) is 42.0 Å². The largest absolute Gasteiger partial charge is 0.0950 e. The van der Waals surface area contributed by atoms with E-state index in [0.717, 1.165) is 5.92 Å². The van der Waals surface area contributed by atoms with Gasteiger partial charge in [-0.3, -0.25) is 0 Å². The van der Waals surface area contributed by atoms with E-state index in [0.29, 0.717) is 5.92 Å². The van der Waals surface area contributed by atoms with Crippen molar-refractivity contribution in [1.29, 1.82) is 0 Å². The molecule has 0 aliphatic heterocycles. The number of hydrogen-bond donors (Lipinski definition) is 0. The Labute approximate surface area is 86.7 Å². The second-order valence-corrected chi connectivity index (χ2v) is 4.58. The highest BCUT2D eigenvalue weighted by atomic mass is 14.3. The van der Waals surface area contributed by atoms with E-state index >= 15 is 0 Å². The molecule has 0 unspecified atom stereocenters. The van der Waals surface area contributed by atoms with E-state index in [9.17, 15) is 0 Å². The fourth-order valence-corrected chi connectivity index (χ4v) is 1.75. The van der Waals surface area contributed by atoms with Gasteiger partial charge in [0.05, 0.1) is 0 Å². The fraction of sp³-hybridized carbons (Fsp3) is 0.429. The van der Waals surface area contributed by atoms with E-state index in [4.69, 9.17) is 0 Å². The van der Waals surface area contributed by atoms with Crippen LogP contribution in [0.15, 0.2) is 30.8 Å². The minimum Gasteiger partial charge on any atom is -0.0950 e. The summed E-state index contributed by atoms with van der Waals surface area (Å²) in [5, 5.41) is 0. The Balaban J connectivity index is 2.16. The molecule has 0 spiro atoms. The van der Waals surface area contributed by atoms with Gasteiger partial charge in [-0.25, -0.2) is 0 Å². The van der Waals surface area contributed by atoms with Crippen LogP contribution >= 0.6 is 0 Å². The molecule has 0 heteroatoms. The van der Waals surface area contributed by atoms with Crippen molar-refractivity contribution in [3.63, 3.8) is 0 Å². The number of hydrogen-bond acceptors (Lipinski definition) is 0. The zero-order chi connectivity index (χ0) is 10.1. The third-order valence-electron chi connectivity index (χ3n) is 3.02. The van der Waals surface area contributed by atoms with Crippen LogP contribution in [0.3, 0.4) is 0 Å². The predicted molar refractivity (Wildman–Crippen MR) is 62.3 cm³/mol. The van der Waals surface area contributed by atoms with Gasteiger partial charge in [0.25, 0.3) is 0 Å². The second-order valence-electron chi connectivity index (χ2n) is 4.58. The lowest BCUT2D eigenvalue weighted by atomic mass is 9.98. The normalized spacial score (nSPS) is 15.9. The zero-order valence-corrected chi connectivity index (χ0v) is 9.09. The summed E-state index contributed by atoms with van der Waals surface area (Å²) in [4.78, 5) is 0. The highest BCUT2D eigenvalue weighted by Gasteiger charge is 2.25. The van der Waals surface area contributed by atoms with Gasteiger partial charge in [0.1, 0.15) is 0 Å². The maximum Gasteiger partial charge on any atom is -0.0161 e. The molecular formula is C14H18. The second kappa shape index (κ2) is 3.61. The maximum atomic E-state index is 4.16. The van der Waals surface area contributed by atoms with Crippen molar-refractivity contribution in [1.82, 2.24) is 0 Å². The van der Waals surface area contributed by atoms with Crippen LogP contribution < -0.4 is 0 Å². The quantitative estimate of drug-likeness (QED) is 0.662. The van der Waals surface area contributed by atoms with Gasteiger partial charge in [-0.2, -0.15) is 0 Å². The van der Waals surface area contributed by atoms with E-state index < -0.39 is 0 Å². The fourth-order valence-electron chi connectivity index (χ4n) is 1.75. The Morgan fingerprint density at radius 2 is 1.79 bits per heavy atom. The molecule has 0 N–H and O–H groups in total. The molecule has 0 nitrogen and oxygen atoms in total. The van der Waals surface area contributed by atoms with Crippen LogP contribution in [0.25, 0.3) is 5.57 Å². The predicted octanol–water partition coefficient (Wildman–Crippen LogP) is 4.23. The molecule has 14 heavy (non-hydrogen) atoms. The summed E-state index contributed by atoms with van der Waals surface area (Å²) in [6, 6.07) is 8.90. The van der Waals surface area contributed by atoms with E-state index in [1.54, 1.807) is 0 Å². The third kappa shape index (κ3) is 1.89. The molecule has 2 rings (SSSR count). The lowest BCUT2D eigenvalue weighted by molar-refractivity contribution is 0.866. The molecule has 0 atom stereocenters. The van der Waals surface area contributed by atoms with Crippen LogP contribution in [-0.2, 0) is 0 Å². The van der Waals surface area contributed by atoms with Crippen molar-refractivity contribution >= 4 is 5.57 Å². The number of benzene rings is 1. The summed E-state index contributed by atoms with van der Waals surface area (Å²) in [7, 11) is 0. The standard InChI is InChI=1S/C14H18/c1-10(2)12-4-6-13(7-5-12)11(3)14-8-9-14/h4-7,10,14H,3,8-9H2,1-2H3. The molecule has 0 saturated heterocycles. The van der Waals surface area contributed by atoms with Gasteiger partial charge >= 0.3 is 0 Å². The molecule has 1 aromatic carbocycles. The zero-order valence-electron chi connectivity index (χ0n) is 9.09. The van der Waals surface area contributed by atoms with E-state index in [1.165, 1.54) is 29.5 Å². The van der Waals surface area contributed by atoms with Crippen LogP contribution in [0, 0.1) is 5.92 Å². The summed E-state index contributed by atoms with van der Waals surface area (Å²) in [5.74, 6) is 1.40. The van der Waals surface area contributed by atoms with Crippen molar-refractivity contribution in [2.24, 2.45) is 5.92 Å². The van der Waals surface area contributed by atoms with E-state index in [2.05, 4.69) is 44.7 Å². The minimum atomic E-state index is 0.623. The molecule has 1 aliphatic rings. The van der Waals surface area contributed by atoms with Crippen LogP contribution in [0.5, 0.6) is 0 Å². The highest BCUT2D eigenvalue weighted by molar-refractivity contribution is 5.67. The molecule has 1 aliphatic carbocycles. The van der Waals surface area contributed by atoms with E-state index in [-0.39, 0.29) is 0 Å². The molecule has 1 saturated carbocycles. The van der Waals surface area contributed by atoms with Crippen LogP contribution in [-0.4, -0.2) is 0 Å². The molecular weight excluding hydrogens is 168 g/mol. The molecule has 1 aromatic rings. The summed E-state index contributed by atoms with van der Waals surface area (Å²) < 4.78 is 0. The molecule has 1 fully saturated rings. The summed E-state index contributed by atoms with van der Waals surface area (Å²) in [5.41, 5.74) is 4.08. The van der Waals surface area contributed by atoms with Gasteiger partial charge in [0.2, 0.25) is 0 Å². The molecule has 0 bridgehead atoms. The Morgan fingerprint density at radius 3 is 2.21 bits per heavy atom. The van der Waals surface area contributed by atoms with Gasteiger partial charge in [0.15, 0.2) is 0 Å². The van der Waals surface area contributed by atoms with Gasteiger partial charge < -0.3 is 0 Å². The van der Waals surface area contributed by atoms with Crippen LogP contribution in [0.1, 0.15) is 43.7 Å². The van der Waals surface area contributed by atoms with Gasteiger partial charge in [-0.15, -0.1) is 0 Å². The molecule has 0 aromatic heterocycles.